The first-order chi connectivity index (χ1) is 9.02. The number of amides is 1. The van der Waals surface area contributed by atoms with E-state index in [1.165, 1.54) is 5.56 Å². The quantitative estimate of drug-likeness (QED) is 0.808. The van der Waals surface area contributed by atoms with Gasteiger partial charge < -0.3 is 15.4 Å². The Kier molecular flexibility index (Phi) is 6.87. The van der Waals surface area contributed by atoms with Crippen LogP contribution in [0.4, 0.5) is 0 Å². The third kappa shape index (κ3) is 6.07. The van der Waals surface area contributed by atoms with Gasteiger partial charge in [-0.2, -0.15) is 0 Å². The summed E-state index contributed by atoms with van der Waals surface area (Å²) in [5, 5.41) is 6.04. The van der Waals surface area contributed by atoms with Gasteiger partial charge in [0.2, 0.25) is 0 Å². The van der Waals surface area contributed by atoms with Gasteiger partial charge in [-0.1, -0.05) is 13.0 Å². The predicted octanol–water partition coefficient (Wildman–Crippen LogP) is 2.46. The Hall–Kier alpha value is -1.07. The predicted molar refractivity (Wildman–Crippen MR) is 80.3 cm³/mol. The van der Waals surface area contributed by atoms with E-state index >= 15 is 0 Å². The number of halogens is 1. The molecule has 0 unspecified atom stereocenters. The molecule has 1 amide bonds. The van der Waals surface area contributed by atoms with Gasteiger partial charge in [0.15, 0.2) is 6.61 Å². The van der Waals surface area contributed by atoms with Crippen LogP contribution in [-0.2, 0) is 11.3 Å². The number of hydrogen-bond donors (Lipinski definition) is 2. The van der Waals surface area contributed by atoms with E-state index in [0.29, 0.717) is 5.75 Å². The molecule has 106 valence electrons. The molecule has 0 bridgehead atoms. The van der Waals surface area contributed by atoms with Gasteiger partial charge in [-0.05, 0) is 54.0 Å². The van der Waals surface area contributed by atoms with Crippen LogP contribution in [-0.4, -0.2) is 25.1 Å². The Balaban J connectivity index is 2.52. The molecule has 1 aromatic rings. The van der Waals surface area contributed by atoms with E-state index in [9.17, 15) is 4.79 Å². The third-order valence-electron chi connectivity index (χ3n) is 2.38. The summed E-state index contributed by atoms with van der Waals surface area (Å²) in [4.78, 5) is 11.5. The van der Waals surface area contributed by atoms with Crippen LogP contribution in [0.15, 0.2) is 22.7 Å². The maximum atomic E-state index is 11.5. The molecule has 19 heavy (non-hydrogen) atoms. The Morgan fingerprint density at radius 3 is 2.74 bits per heavy atom. The minimum Gasteiger partial charge on any atom is -0.483 e. The lowest BCUT2D eigenvalue weighted by Gasteiger charge is -2.11. The Bertz CT molecular complexity index is 422. The average molecular weight is 329 g/mol. The first-order valence-electron chi connectivity index (χ1n) is 6.44. The van der Waals surface area contributed by atoms with Crippen molar-refractivity contribution in [2.75, 3.05) is 13.2 Å². The highest BCUT2D eigenvalue weighted by molar-refractivity contribution is 9.10. The van der Waals surface area contributed by atoms with Crippen molar-refractivity contribution in [3.05, 3.63) is 28.2 Å². The van der Waals surface area contributed by atoms with Crippen LogP contribution in [0.5, 0.6) is 5.75 Å². The SMILES string of the molecule is CCNCc1ccc(OCC(=O)NC(C)C)c(Br)c1. The van der Waals surface area contributed by atoms with E-state index in [-0.39, 0.29) is 18.6 Å². The van der Waals surface area contributed by atoms with Crippen molar-refractivity contribution in [1.82, 2.24) is 10.6 Å². The van der Waals surface area contributed by atoms with Gasteiger partial charge in [-0.15, -0.1) is 0 Å². The molecular weight excluding hydrogens is 308 g/mol. The molecule has 0 atom stereocenters. The topological polar surface area (TPSA) is 50.4 Å². The van der Waals surface area contributed by atoms with Crippen molar-refractivity contribution < 1.29 is 9.53 Å². The summed E-state index contributed by atoms with van der Waals surface area (Å²) >= 11 is 3.46. The molecule has 0 aliphatic carbocycles. The summed E-state index contributed by atoms with van der Waals surface area (Å²) in [6, 6.07) is 5.99. The van der Waals surface area contributed by atoms with E-state index in [1.807, 2.05) is 32.0 Å². The molecule has 4 nitrogen and oxygen atoms in total. The first-order valence-corrected chi connectivity index (χ1v) is 7.23. The molecule has 0 aliphatic heterocycles. The molecule has 0 aliphatic rings. The average Bonchev–Trinajstić information content (AvgIpc) is 2.34. The van der Waals surface area contributed by atoms with Crippen molar-refractivity contribution >= 4 is 21.8 Å². The standard InChI is InChI=1S/C14H21BrN2O2/c1-4-16-8-11-5-6-13(12(15)7-11)19-9-14(18)17-10(2)3/h5-7,10,16H,4,8-9H2,1-3H3,(H,17,18). The van der Waals surface area contributed by atoms with Gasteiger partial charge in [-0.3, -0.25) is 4.79 Å². The van der Waals surface area contributed by atoms with Crippen molar-refractivity contribution in [3.8, 4) is 5.75 Å². The zero-order valence-electron chi connectivity index (χ0n) is 11.6. The maximum Gasteiger partial charge on any atom is 0.258 e. The van der Waals surface area contributed by atoms with Gasteiger partial charge in [0.25, 0.3) is 5.91 Å². The summed E-state index contributed by atoms with van der Waals surface area (Å²) in [5.74, 6) is 0.567. The van der Waals surface area contributed by atoms with Crippen LogP contribution < -0.4 is 15.4 Å². The number of carbonyl (C=O) groups excluding carboxylic acids is 1. The molecule has 0 aromatic heterocycles. The van der Waals surface area contributed by atoms with Gasteiger partial charge in [0.05, 0.1) is 4.47 Å². The minimum atomic E-state index is -0.112. The lowest BCUT2D eigenvalue weighted by Crippen LogP contribution is -2.34. The molecule has 2 N–H and O–H groups in total. The number of ether oxygens (including phenoxy) is 1. The summed E-state index contributed by atoms with van der Waals surface area (Å²) in [5.41, 5.74) is 1.17. The second kappa shape index (κ2) is 8.17. The Labute approximate surface area is 123 Å². The first kappa shape index (κ1) is 16.0. The van der Waals surface area contributed by atoms with E-state index in [0.717, 1.165) is 17.6 Å². The molecule has 1 rings (SSSR count). The summed E-state index contributed by atoms with van der Waals surface area (Å²) in [6.07, 6.45) is 0. The molecule has 0 fully saturated rings. The van der Waals surface area contributed by atoms with Crippen molar-refractivity contribution in [3.63, 3.8) is 0 Å². The van der Waals surface area contributed by atoms with Gasteiger partial charge in [0, 0.05) is 12.6 Å². The van der Waals surface area contributed by atoms with Gasteiger partial charge in [-0.25, -0.2) is 0 Å². The van der Waals surface area contributed by atoms with Crippen molar-refractivity contribution in [2.24, 2.45) is 0 Å². The highest BCUT2D eigenvalue weighted by Gasteiger charge is 2.07. The number of hydrogen-bond acceptors (Lipinski definition) is 3. The van der Waals surface area contributed by atoms with E-state index in [4.69, 9.17) is 4.74 Å². The van der Waals surface area contributed by atoms with E-state index < -0.39 is 0 Å². The van der Waals surface area contributed by atoms with Crippen LogP contribution >= 0.6 is 15.9 Å². The van der Waals surface area contributed by atoms with Crippen LogP contribution in [0.2, 0.25) is 0 Å². The van der Waals surface area contributed by atoms with E-state index in [2.05, 4.69) is 33.5 Å². The van der Waals surface area contributed by atoms with Crippen LogP contribution in [0.25, 0.3) is 0 Å². The fraction of sp³-hybridized carbons (Fsp3) is 0.500. The van der Waals surface area contributed by atoms with Crippen molar-refractivity contribution in [2.45, 2.75) is 33.4 Å². The lowest BCUT2D eigenvalue weighted by atomic mass is 10.2. The van der Waals surface area contributed by atoms with Gasteiger partial charge in [0.1, 0.15) is 5.75 Å². The van der Waals surface area contributed by atoms with Crippen LogP contribution in [0.1, 0.15) is 26.3 Å². The Morgan fingerprint density at radius 1 is 1.42 bits per heavy atom. The molecular formula is C14H21BrN2O2. The van der Waals surface area contributed by atoms with E-state index in [1.54, 1.807) is 0 Å². The summed E-state index contributed by atoms with van der Waals surface area (Å²) < 4.78 is 6.34. The highest BCUT2D eigenvalue weighted by atomic mass is 79.9. The number of nitrogens with one attached hydrogen (secondary N) is 2. The molecule has 0 saturated heterocycles. The molecule has 0 heterocycles. The van der Waals surface area contributed by atoms with Crippen LogP contribution in [0, 0.1) is 0 Å². The Morgan fingerprint density at radius 2 is 2.16 bits per heavy atom. The largest absolute Gasteiger partial charge is 0.483 e. The molecule has 5 heteroatoms. The number of benzene rings is 1. The monoisotopic (exact) mass is 328 g/mol. The zero-order valence-corrected chi connectivity index (χ0v) is 13.2. The number of carbonyl (C=O) groups is 1. The fourth-order valence-electron chi connectivity index (χ4n) is 1.55. The zero-order chi connectivity index (χ0) is 14.3. The fourth-order valence-corrected chi connectivity index (χ4v) is 2.09. The maximum absolute atomic E-state index is 11.5. The summed E-state index contributed by atoms with van der Waals surface area (Å²) in [7, 11) is 0. The van der Waals surface area contributed by atoms with Crippen LogP contribution in [0.3, 0.4) is 0 Å². The molecule has 1 aromatic carbocycles. The van der Waals surface area contributed by atoms with Gasteiger partial charge >= 0.3 is 0 Å². The molecule has 0 radical (unpaired) electrons. The second-order valence-electron chi connectivity index (χ2n) is 4.56. The summed E-state index contributed by atoms with van der Waals surface area (Å²) in [6.45, 7) is 7.70. The smallest absolute Gasteiger partial charge is 0.258 e. The molecule has 0 spiro atoms. The highest BCUT2D eigenvalue weighted by Crippen LogP contribution is 2.25. The normalized spacial score (nSPS) is 10.6. The third-order valence-corrected chi connectivity index (χ3v) is 3.00. The number of rotatable bonds is 7. The molecule has 0 saturated carbocycles. The van der Waals surface area contributed by atoms with Crippen molar-refractivity contribution in [1.29, 1.82) is 0 Å². The lowest BCUT2D eigenvalue weighted by molar-refractivity contribution is -0.123. The minimum absolute atomic E-state index is 0.0311. The second-order valence-corrected chi connectivity index (χ2v) is 5.41.